The van der Waals surface area contributed by atoms with Crippen LogP contribution in [0.25, 0.3) is 0 Å². The molecule has 0 amide bonds. The predicted octanol–water partition coefficient (Wildman–Crippen LogP) is 5.24. The quantitative estimate of drug-likeness (QED) is 0.475. The number of rotatable bonds is 2. The van der Waals surface area contributed by atoms with Crippen molar-refractivity contribution < 1.29 is 18.7 Å². The highest BCUT2D eigenvalue weighted by atomic mass is 28.4. The van der Waals surface area contributed by atoms with Gasteiger partial charge in [0.05, 0.1) is 13.2 Å². The molecule has 1 unspecified atom stereocenters. The lowest BCUT2D eigenvalue weighted by molar-refractivity contribution is -0.227. The first-order valence-corrected chi connectivity index (χ1v) is 13.4. The molecule has 0 N–H and O–H groups in total. The van der Waals surface area contributed by atoms with Gasteiger partial charge in [-0.25, -0.2) is 0 Å². The molecule has 27 heavy (non-hydrogen) atoms. The maximum atomic E-state index is 13.4. The smallest absolute Gasteiger partial charge is 0.193 e. The molecule has 5 heteroatoms. The summed E-state index contributed by atoms with van der Waals surface area (Å²) in [5, 5.41) is 0.0707. The third-order valence-corrected chi connectivity index (χ3v) is 12.1. The second kappa shape index (κ2) is 6.79. The fourth-order valence-electron chi connectivity index (χ4n) is 5.10. The fraction of sp³-hybridized carbons (Fsp3) is 0.864. The average Bonchev–Trinajstić information content (AvgIpc) is 2.98. The summed E-state index contributed by atoms with van der Waals surface area (Å²) in [6, 6.07) is 0. The molecule has 1 heterocycles. The maximum Gasteiger partial charge on any atom is 0.193 e. The highest BCUT2D eigenvalue weighted by Crippen LogP contribution is 2.56. The Morgan fingerprint density at radius 2 is 1.70 bits per heavy atom. The Balaban J connectivity index is 2.06. The van der Waals surface area contributed by atoms with E-state index in [0.29, 0.717) is 26.1 Å². The van der Waals surface area contributed by atoms with Gasteiger partial charge in [-0.2, -0.15) is 0 Å². The number of hydrogen-bond acceptors (Lipinski definition) is 4. The largest absolute Gasteiger partial charge is 0.403 e. The number of allylic oxidation sites excluding steroid dienone is 1. The molecule has 0 aromatic rings. The summed E-state index contributed by atoms with van der Waals surface area (Å²) < 4.78 is 19.1. The zero-order chi connectivity index (χ0) is 20.3. The van der Waals surface area contributed by atoms with Crippen molar-refractivity contribution in [2.75, 3.05) is 13.2 Å². The monoisotopic (exact) mass is 394 g/mol. The normalized spacial score (nSPS) is 31.2. The minimum Gasteiger partial charge on any atom is -0.403 e. The molecule has 154 valence electrons. The van der Waals surface area contributed by atoms with Crippen LogP contribution in [0.3, 0.4) is 0 Å². The molecule has 3 aliphatic rings. The molecule has 1 spiro atoms. The summed E-state index contributed by atoms with van der Waals surface area (Å²) in [5.74, 6) is -0.154. The van der Waals surface area contributed by atoms with Gasteiger partial charge in [0.2, 0.25) is 0 Å². The molecule has 0 aromatic carbocycles. The summed E-state index contributed by atoms with van der Waals surface area (Å²) in [6.45, 7) is 19.2. The summed E-state index contributed by atoms with van der Waals surface area (Å²) in [6.07, 6.45) is 2.72. The molecule has 4 nitrogen and oxygen atoms in total. The van der Waals surface area contributed by atoms with Gasteiger partial charge in [-0.1, -0.05) is 40.2 Å². The van der Waals surface area contributed by atoms with E-state index in [1.807, 2.05) is 0 Å². The molecule has 1 saturated carbocycles. The summed E-state index contributed by atoms with van der Waals surface area (Å²) in [7, 11) is -2.08. The summed E-state index contributed by atoms with van der Waals surface area (Å²) in [4.78, 5) is 13.4. The molecule has 2 bridgehead atoms. The van der Waals surface area contributed by atoms with E-state index < -0.39 is 20.2 Å². The Morgan fingerprint density at radius 1 is 1.11 bits per heavy atom. The Kier molecular flexibility index (Phi) is 5.33. The molecule has 1 saturated heterocycles. The second-order valence-corrected chi connectivity index (χ2v) is 15.5. The number of carbonyl (C=O) groups excluding carboxylic acids is 1. The Bertz CT molecular complexity index is 635. The SMILES string of the molecule is CC1=C2[C@H](O[Si](C)(C)C(C)(C)C)C(=O)CCC3(OCCO3)C(CC1)C2(C)C. The van der Waals surface area contributed by atoms with Crippen molar-refractivity contribution >= 4 is 14.1 Å². The third-order valence-electron chi connectivity index (χ3n) is 7.63. The van der Waals surface area contributed by atoms with Crippen molar-refractivity contribution in [3.05, 3.63) is 11.1 Å². The van der Waals surface area contributed by atoms with Crippen molar-refractivity contribution in [1.29, 1.82) is 0 Å². The van der Waals surface area contributed by atoms with Crippen molar-refractivity contribution in [3.8, 4) is 0 Å². The molecule has 2 fully saturated rings. The minimum absolute atomic E-state index is 0.0707. The maximum absolute atomic E-state index is 13.4. The number of ether oxygens (including phenoxy) is 2. The van der Waals surface area contributed by atoms with Crippen molar-refractivity contribution in [2.45, 2.75) is 97.2 Å². The van der Waals surface area contributed by atoms with E-state index in [1.165, 1.54) is 11.1 Å². The van der Waals surface area contributed by atoms with Crippen LogP contribution in [0.15, 0.2) is 11.1 Å². The third kappa shape index (κ3) is 3.49. The number of ketones is 1. The van der Waals surface area contributed by atoms with Crippen LogP contribution in [-0.2, 0) is 18.7 Å². The van der Waals surface area contributed by atoms with E-state index in [1.54, 1.807) is 0 Å². The van der Waals surface area contributed by atoms with Gasteiger partial charge in [-0.05, 0) is 48.9 Å². The number of fused-ring (bicyclic) bond motifs is 3. The van der Waals surface area contributed by atoms with Gasteiger partial charge in [-0.15, -0.1) is 0 Å². The van der Waals surface area contributed by atoms with Crippen molar-refractivity contribution in [2.24, 2.45) is 11.3 Å². The zero-order valence-corrected chi connectivity index (χ0v) is 19.5. The zero-order valence-electron chi connectivity index (χ0n) is 18.5. The Morgan fingerprint density at radius 3 is 2.26 bits per heavy atom. The van der Waals surface area contributed by atoms with Crippen LogP contribution in [0.2, 0.25) is 18.1 Å². The molecular formula is C22H38O4Si. The van der Waals surface area contributed by atoms with Crippen molar-refractivity contribution in [1.82, 2.24) is 0 Å². The predicted molar refractivity (Wildman–Crippen MR) is 110 cm³/mol. The first-order valence-electron chi connectivity index (χ1n) is 10.5. The summed E-state index contributed by atoms with van der Waals surface area (Å²) in [5.41, 5.74) is 2.34. The summed E-state index contributed by atoms with van der Waals surface area (Å²) >= 11 is 0. The van der Waals surface area contributed by atoms with Crippen LogP contribution in [0, 0.1) is 11.3 Å². The van der Waals surface area contributed by atoms with E-state index in [2.05, 4.69) is 54.6 Å². The Hall–Kier alpha value is -0.493. The van der Waals surface area contributed by atoms with Crippen molar-refractivity contribution in [3.63, 3.8) is 0 Å². The van der Waals surface area contributed by atoms with Crippen LogP contribution >= 0.6 is 0 Å². The first-order chi connectivity index (χ1) is 12.3. The van der Waals surface area contributed by atoms with Gasteiger partial charge in [0, 0.05) is 18.8 Å². The molecule has 2 aliphatic carbocycles. The number of hydrogen-bond donors (Lipinski definition) is 0. The van der Waals surface area contributed by atoms with Gasteiger partial charge in [0.25, 0.3) is 0 Å². The van der Waals surface area contributed by atoms with E-state index >= 15 is 0 Å². The second-order valence-electron chi connectivity index (χ2n) is 10.7. The van der Waals surface area contributed by atoms with E-state index in [9.17, 15) is 4.79 Å². The standard InChI is InChI=1S/C22H38O4Si/c1-15-9-10-17-21(5,6)18(15)19(26-27(7,8)20(2,3)4)16(23)11-12-22(17)24-13-14-25-22/h17,19H,9-14H2,1-8H3/t17?,19-/m1/s1. The molecule has 0 radical (unpaired) electrons. The molecule has 0 aromatic heterocycles. The van der Waals surface area contributed by atoms with E-state index in [0.717, 1.165) is 12.8 Å². The van der Waals surface area contributed by atoms with Crippen LogP contribution in [0.5, 0.6) is 0 Å². The van der Waals surface area contributed by atoms with Gasteiger partial charge in [0.15, 0.2) is 19.9 Å². The highest BCUT2D eigenvalue weighted by molar-refractivity contribution is 6.74. The average molecular weight is 395 g/mol. The van der Waals surface area contributed by atoms with E-state index in [-0.39, 0.29) is 22.2 Å². The van der Waals surface area contributed by atoms with Crippen LogP contribution < -0.4 is 0 Å². The lowest BCUT2D eigenvalue weighted by atomic mass is 9.59. The number of carbonyl (C=O) groups is 1. The van der Waals surface area contributed by atoms with Gasteiger partial charge in [0.1, 0.15) is 6.10 Å². The fourth-order valence-corrected chi connectivity index (χ4v) is 6.29. The van der Waals surface area contributed by atoms with Crippen LogP contribution in [-0.4, -0.2) is 39.2 Å². The van der Waals surface area contributed by atoms with E-state index in [4.69, 9.17) is 13.9 Å². The lowest BCUT2D eigenvalue weighted by Crippen LogP contribution is -2.56. The molecule has 1 aliphatic heterocycles. The van der Waals surface area contributed by atoms with Gasteiger partial charge < -0.3 is 13.9 Å². The van der Waals surface area contributed by atoms with Gasteiger partial charge in [-0.3, -0.25) is 4.79 Å². The molecule has 2 atom stereocenters. The minimum atomic E-state index is -2.08. The van der Waals surface area contributed by atoms with Crippen LogP contribution in [0.4, 0.5) is 0 Å². The highest BCUT2D eigenvalue weighted by Gasteiger charge is 2.57. The topological polar surface area (TPSA) is 44.8 Å². The first kappa shape index (κ1) is 21.2. The molecule has 3 rings (SSSR count). The van der Waals surface area contributed by atoms with Crippen LogP contribution in [0.1, 0.15) is 67.2 Å². The van der Waals surface area contributed by atoms with Gasteiger partial charge >= 0.3 is 0 Å². The Labute approximate surface area is 166 Å². The number of Topliss-reactive ketones (excluding diaryl/α,β-unsaturated/α-hetero) is 1. The lowest BCUT2D eigenvalue weighted by Gasteiger charge is -2.53. The molecular weight excluding hydrogens is 356 g/mol.